The second kappa shape index (κ2) is 6.64. The fourth-order valence-electron chi connectivity index (χ4n) is 1.88. The normalized spacial score (nSPS) is 12.3. The van der Waals surface area contributed by atoms with Crippen LogP contribution < -0.4 is 4.74 Å². The lowest BCUT2D eigenvalue weighted by molar-refractivity contribution is -0.142. The predicted octanol–water partition coefficient (Wildman–Crippen LogP) is 3.65. The van der Waals surface area contributed by atoms with Gasteiger partial charge in [-0.15, -0.1) is 0 Å². The van der Waals surface area contributed by atoms with Crippen molar-refractivity contribution < 1.29 is 14.3 Å². The van der Waals surface area contributed by atoms with Crippen LogP contribution in [0.5, 0.6) is 5.75 Å². The fourth-order valence-corrected chi connectivity index (χ4v) is 2.15. The van der Waals surface area contributed by atoms with Crippen LogP contribution in [0.3, 0.4) is 0 Å². The van der Waals surface area contributed by atoms with E-state index in [2.05, 4.69) is 13.8 Å². The molecule has 1 aromatic carbocycles. The molecule has 0 aliphatic carbocycles. The molecule has 0 saturated heterocycles. The molecule has 1 unspecified atom stereocenters. The standard InChI is InChI=1S/C14H19ClO3/c1-9(2)7-11(14(16)18-4)10-5-6-13(17-3)12(15)8-10/h5-6,8-9,11H,7H2,1-4H3. The zero-order valence-electron chi connectivity index (χ0n) is 11.2. The van der Waals surface area contributed by atoms with E-state index in [0.29, 0.717) is 16.7 Å². The SMILES string of the molecule is COC(=O)C(CC(C)C)c1ccc(OC)c(Cl)c1. The monoisotopic (exact) mass is 270 g/mol. The summed E-state index contributed by atoms with van der Waals surface area (Å²) in [6.45, 7) is 4.14. The van der Waals surface area contributed by atoms with Crippen molar-refractivity contribution in [3.05, 3.63) is 28.8 Å². The molecule has 0 radical (unpaired) electrons. The maximum Gasteiger partial charge on any atom is 0.313 e. The first-order chi connectivity index (χ1) is 8.49. The summed E-state index contributed by atoms with van der Waals surface area (Å²) in [6.07, 6.45) is 0.731. The summed E-state index contributed by atoms with van der Waals surface area (Å²) in [7, 11) is 2.97. The van der Waals surface area contributed by atoms with Gasteiger partial charge in [-0.05, 0) is 30.0 Å². The van der Waals surface area contributed by atoms with E-state index in [0.717, 1.165) is 12.0 Å². The number of benzene rings is 1. The van der Waals surface area contributed by atoms with E-state index in [-0.39, 0.29) is 11.9 Å². The Morgan fingerprint density at radius 1 is 1.33 bits per heavy atom. The number of esters is 1. The molecule has 0 aromatic heterocycles. The lowest BCUT2D eigenvalue weighted by Gasteiger charge is -2.18. The molecule has 0 amide bonds. The van der Waals surface area contributed by atoms with Crippen LogP contribution in [0.2, 0.25) is 5.02 Å². The van der Waals surface area contributed by atoms with Crippen LogP contribution in [0.4, 0.5) is 0 Å². The van der Waals surface area contributed by atoms with Crippen LogP contribution in [-0.2, 0) is 9.53 Å². The molecule has 0 bridgehead atoms. The summed E-state index contributed by atoms with van der Waals surface area (Å²) in [5.74, 6) is 0.492. The van der Waals surface area contributed by atoms with Crippen LogP contribution in [0, 0.1) is 5.92 Å². The molecule has 1 rings (SSSR count). The highest BCUT2D eigenvalue weighted by Crippen LogP contribution is 2.31. The van der Waals surface area contributed by atoms with Gasteiger partial charge in [-0.25, -0.2) is 0 Å². The second-order valence-corrected chi connectivity index (χ2v) is 5.01. The lowest BCUT2D eigenvalue weighted by atomic mass is 9.90. The third-order valence-electron chi connectivity index (χ3n) is 2.77. The van der Waals surface area contributed by atoms with Crippen molar-refractivity contribution in [3.63, 3.8) is 0 Å². The first-order valence-electron chi connectivity index (χ1n) is 5.90. The van der Waals surface area contributed by atoms with E-state index in [4.69, 9.17) is 21.1 Å². The van der Waals surface area contributed by atoms with Crippen LogP contribution in [-0.4, -0.2) is 20.2 Å². The maximum atomic E-state index is 11.8. The molecule has 1 atom stereocenters. The van der Waals surface area contributed by atoms with Crippen molar-refractivity contribution in [2.75, 3.05) is 14.2 Å². The smallest absolute Gasteiger partial charge is 0.313 e. The number of hydrogen-bond donors (Lipinski definition) is 0. The van der Waals surface area contributed by atoms with Gasteiger partial charge in [-0.1, -0.05) is 31.5 Å². The van der Waals surface area contributed by atoms with Gasteiger partial charge < -0.3 is 9.47 Å². The number of hydrogen-bond acceptors (Lipinski definition) is 3. The molecule has 18 heavy (non-hydrogen) atoms. The first kappa shape index (κ1) is 14.8. The van der Waals surface area contributed by atoms with Gasteiger partial charge in [0.25, 0.3) is 0 Å². The number of carbonyl (C=O) groups is 1. The summed E-state index contributed by atoms with van der Waals surface area (Å²) in [6, 6.07) is 5.40. The number of halogens is 1. The Hall–Kier alpha value is -1.22. The van der Waals surface area contributed by atoms with E-state index >= 15 is 0 Å². The summed E-state index contributed by atoms with van der Waals surface area (Å²) >= 11 is 6.08. The number of methoxy groups -OCH3 is 2. The zero-order valence-corrected chi connectivity index (χ0v) is 12.0. The lowest BCUT2D eigenvalue weighted by Crippen LogP contribution is -2.16. The van der Waals surface area contributed by atoms with Gasteiger partial charge in [0.05, 0.1) is 25.2 Å². The minimum absolute atomic E-state index is 0.232. The van der Waals surface area contributed by atoms with Crippen molar-refractivity contribution in [2.24, 2.45) is 5.92 Å². The van der Waals surface area contributed by atoms with E-state index in [1.807, 2.05) is 6.07 Å². The Balaban J connectivity index is 3.05. The average Bonchev–Trinajstić information content (AvgIpc) is 2.34. The Morgan fingerprint density at radius 3 is 2.44 bits per heavy atom. The molecule has 0 heterocycles. The fraction of sp³-hybridized carbons (Fsp3) is 0.500. The minimum Gasteiger partial charge on any atom is -0.495 e. The number of carbonyl (C=O) groups excluding carboxylic acids is 1. The molecule has 0 saturated carbocycles. The van der Waals surface area contributed by atoms with Crippen LogP contribution in [0.15, 0.2) is 18.2 Å². The van der Waals surface area contributed by atoms with Crippen molar-refractivity contribution in [1.82, 2.24) is 0 Å². The Labute approximate surface area is 113 Å². The Morgan fingerprint density at radius 2 is 2.00 bits per heavy atom. The first-order valence-corrected chi connectivity index (χ1v) is 6.28. The molecule has 0 N–H and O–H groups in total. The highest BCUT2D eigenvalue weighted by molar-refractivity contribution is 6.32. The van der Waals surface area contributed by atoms with Gasteiger partial charge >= 0.3 is 5.97 Å². The molecule has 100 valence electrons. The van der Waals surface area contributed by atoms with E-state index in [9.17, 15) is 4.79 Å². The molecular formula is C14H19ClO3. The van der Waals surface area contributed by atoms with Gasteiger partial charge in [0.1, 0.15) is 5.75 Å². The Kier molecular flexibility index (Phi) is 5.48. The molecule has 3 nitrogen and oxygen atoms in total. The molecule has 0 fully saturated rings. The molecule has 4 heteroatoms. The number of ether oxygens (including phenoxy) is 2. The molecular weight excluding hydrogens is 252 g/mol. The third-order valence-corrected chi connectivity index (χ3v) is 3.07. The maximum absolute atomic E-state index is 11.8. The van der Waals surface area contributed by atoms with Gasteiger partial charge in [0.15, 0.2) is 0 Å². The quantitative estimate of drug-likeness (QED) is 0.766. The largest absolute Gasteiger partial charge is 0.495 e. The van der Waals surface area contributed by atoms with Crippen molar-refractivity contribution in [2.45, 2.75) is 26.2 Å². The van der Waals surface area contributed by atoms with E-state index in [1.54, 1.807) is 19.2 Å². The van der Waals surface area contributed by atoms with Crippen LogP contribution in [0.1, 0.15) is 31.7 Å². The summed E-state index contributed by atoms with van der Waals surface area (Å²) in [5.41, 5.74) is 0.862. The summed E-state index contributed by atoms with van der Waals surface area (Å²) in [4.78, 5) is 11.8. The van der Waals surface area contributed by atoms with Crippen LogP contribution in [0.25, 0.3) is 0 Å². The molecule has 0 spiro atoms. The molecule has 0 aliphatic heterocycles. The zero-order chi connectivity index (χ0) is 13.7. The predicted molar refractivity (Wildman–Crippen MR) is 72.2 cm³/mol. The van der Waals surface area contributed by atoms with Crippen molar-refractivity contribution >= 4 is 17.6 Å². The number of rotatable bonds is 5. The van der Waals surface area contributed by atoms with E-state index in [1.165, 1.54) is 7.11 Å². The van der Waals surface area contributed by atoms with Gasteiger partial charge in [0, 0.05) is 0 Å². The molecule has 0 aliphatic rings. The summed E-state index contributed by atoms with van der Waals surface area (Å²) < 4.78 is 9.95. The minimum atomic E-state index is -0.279. The van der Waals surface area contributed by atoms with Gasteiger partial charge in [-0.2, -0.15) is 0 Å². The molecule has 1 aromatic rings. The van der Waals surface area contributed by atoms with Gasteiger partial charge in [0.2, 0.25) is 0 Å². The highest BCUT2D eigenvalue weighted by Gasteiger charge is 2.23. The topological polar surface area (TPSA) is 35.5 Å². The Bertz CT molecular complexity index is 416. The van der Waals surface area contributed by atoms with Crippen molar-refractivity contribution in [1.29, 1.82) is 0 Å². The van der Waals surface area contributed by atoms with Gasteiger partial charge in [-0.3, -0.25) is 4.79 Å². The third kappa shape index (κ3) is 3.64. The van der Waals surface area contributed by atoms with E-state index < -0.39 is 0 Å². The van der Waals surface area contributed by atoms with Crippen molar-refractivity contribution in [3.8, 4) is 5.75 Å². The van der Waals surface area contributed by atoms with Crippen LogP contribution >= 0.6 is 11.6 Å². The summed E-state index contributed by atoms with van der Waals surface area (Å²) in [5, 5.41) is 0.507. The average molecular weight is 271 g/mol. The second-order valence-electron chi connectivity index (χ2n) is 4.60. The highest BCUT2D eigenvalue weighted by atomic mass is 35.5.